The highest BCUT2D eigenvalue weighted by atomic mass is 79.9. The lowest BCUT2D eigenvalue weighted by Crippen LogP contribution is -2.50. The number of hydrogen-bond donors (Lipinski definition) is 1. The van der Waals surface area contributed by atoms with Gasteiger partial charge in [-0.2, -0.15) is 0 Å². The van der Waals surface area contributed by atoms with Gasteiger partial charge in [0.2, 0.25) is 0 Å². The summed E-state index contributed by atoms with van der Waals surface area (Å²) in [4.78, 5) is 0. The predicted molar refractivity (Wildman–Crippen MR) is 80.7 cm³/mol. The monoisotopic (exact) mass is 331 g/mol. The van der Waals surface area contributed by atoms with Crippen molar-refractivity contribution < 1.29 is 9.13 Å². The molecule has 0 saturated carbocycles. The standard InChI is InChI=1S/C15H23BrFNO/c1-4-15(5-2,19-6-3)14(18)9-11-7-8-12(16)10-13(11)17/h7-8,10,14H,4-6,9,18H2,1-3H3. The van der Waals surface area contributed by atoms with E-state index in [9.17, 15) is 4.39 Å². The van der Waals surface area contributed by atoms with Crippen LogP contribution in [0.5, 0.6) is 0 Å². The van der Waals surface area contributed by atoms with E-state index in [4.69, 9.17) is 10.5 Å². The highest BCUT2D eigenvalue weighted by Crippen LogP contribution is 2.27. The van der Waals surface area contributed by atoms with Crippen LogP contribution in [0.4, 0.5) is 4.39 Å². The first-order valence-electron chi connectivity index (χ1n) is 6.82. The Morgan fingerprint density at radius 3 is 2.42 bits per heavy atom. The van der Waals surface area contributed by atoms with Crippen LogP contribution >= 0.6 is 15.9 Å². The van der Waals surface area contributed by atoms with Gasteiger partial charge < -0.3 is 10.5 Å². The molecule has 0 amide bonds. The van der Waals surface area contributed by atoms with Crippen molar-refractivity contribution in [1.29, 1.82) is 0 Å². The number of rotatable bonds is 7. The van der Waals surface area contributed by atoms with Crippen LogP contribution in [-0.2, 0) is 11.2 Å². The SMILES string of the molecule is CCOC(CC)(CC)C(N)Cc1ccc(Br)cc1F. The molecular weight excluding hydrogens is 309 g/mol. The van der Waals surface area contributed by atoms with Crippen LogP contribution in [0.1, 0.15) is 39.2 Å². The molecule has 0 aliphatic rings. The van der Waals surface area contributed by atoms with E-state index in [-0.39, 0.29) is 17.5 Å². The molecule has 0 heterocycles. The number of ether oxygens (including phenoxy) is 1. The first-order chi connectivity index (χ1) is 8.99. The zero-order chi connectivity index (χ0) is 14.5. The summed E-state index contributed by atoms with van der Waals surface area (Å²) in [6.07, 6.45) is 2.15. The van der Waals surface area contributed by atoms with Gasteiger partial charge in [-0.25, -0.2) is 4.39 Å². The average molecular weight is 332 g/mol. The molecule has 0 aliphatic heterocycles. The zero-order valence-electron chi connectivity index (χ0n) is 11.9. The van der Waals surface area contributed by atoms with E-state index < -0.39 is 0 Å². The summed E-state index contributed by atoms with van der Waals surface area (Å²) in [6.45, 7) is 6.72. The molecule has 1 unspecified atom stereocenters. The highest BCUT2D eigenvalue weighted by molar-refractivity contribution is 9.10. The summed E-state index contributed by atoms with van der Waals surface area (Å²) in [6, 6.07) is 4.88. The fraction of sp³-hybridized carbons (Fsp3) is 0.600. The van der Waals surface area contributed by atoms with Crippen molar-refractivity contribution in [1.82, 2.24) is 0 Å². The van der Waals surface area contributed by atoms with Crippen LogP contribution in [0, 0.1) is 5.82 Å². The molecule has 1 atom stereocenters. The number of halogens is 2. The number of hydrogen-bond acceptors (Lipinski definition) is 2. The molecule has 0 aliphatic carbocycles. The molecule has 1 rings (SSSR count). The minimum atomic E-state index is -0.367. The highest BCUT2D eigenvalue weighted by Gasteiger charge is 2.34. The van der Waals surface area contributed by atoms with E-state index in [0.29, 0.717) is 18.6 Å². The molecule has 2 N–H and O–H groups in total. The zero-order valence-corrected chi connectivity index (χ0v) is 13.5. The second kappa shape index (κ2) is 7.36. The van der Waals surface area contributed by atoms with Crippen LogP contribution in [0.2, 0.25) is 0 Å². The maximum Gasteiger partial charge on any atom is 0.127 e. The van der Waals surface area contributed by atoms with E-state index in [1.807, 2.05) is 13.0 Å². The van der Waals surface area contributed by atoms with Gasteiger partial charge in [-0.1, -0.05) is 35.8 Å². The minimum Gasteiger partial charge on any atom is -0.374 e. The molecule has 1 aromatic rings. The van der Waals surface area contributed by atoms with E-state index in [0.717, 1.165) is 17.3 Å². The first-order valence-corrected chi connectivity index (χ1v) is 7.61. The summed E-state index contributed by atoms with van der Waals surface area (Å²) >= 11 is 3.26. The van der Waals surface area contributed by atoms with Gasteiger partial charge in [0.1, 0.15) is 5.82 Å². The molecule has 0 radical (unpaired) electrons. The molecule has 19 heavy (non-hydrogen) atoms. The van der Waals surface area contributed by atoms with Gasteiger partial charge in [0.15, 0.2) is 0 Å². The van der Waals surface area contributed by atoms with Gasteiger partial charge >= 0.3 is 0 Å². The Morgan fingerprint density at radius 1 is 1.32 bits per heavy atom. The second-order valence-corrected chi connectivity index (χ2v) is 5.67. The quantitative estimate of drug-likeness (QED) is 0.817. The van der Waals surface area contributed by atoms with Crippen molar-refractivity contribution in [3.63, 3.8) is 0 Å². The first kappa shape index (κ1) is 16.6. The van der Waals surface area contributed by atoms with Crippen molar-refractivity contribution in [3.8, 4) is 0 Å². The molecule has 2 nitrogen and oxygen atoms in total. The lowest BCUT2D eigenvalue weighted by atomic mass is 9.85. The average Bonchev–Trinajstić information content (AvgIpc) is 2.39. The van der Waals surface area contributed by atoms with Crippen LogP contribution in [0.3, 0.4) is 0 Å². The Labute approximate surface area is 123 Å². The van der Waals surface area contributed by atoms with Crippen molar-refractivity contribution >= 4 is 15.9 Å². The van der Waals surface area contributed by atoms with E-state index in [1.165, 1.54) is 6.07 Å². The predicted octanol–water partition coefficient (Wildman–Crippen LogP) is 4.05. The summed E-state index contributed by atoms with van der Waals surface area (Å²) < 4.78 is 20.5. The van der Waals surface area contributed by atoms with Gasteiger partial charge in [0.25, 0.3) is 0 Å². The van der Waals surface area contributed by atoms with Crippen molar-refractivity contribution in [2.24, 2.45) is 5.73 Å². The molecule has 1 aromatic carbocycles. The van der Waals surface area contributed by atoms with Crippen LogP contribution in [0.15, 0.2) is 22.7 Å². The Kier molecular flexibility index (Phi) is 6.43. The maximum atomic E-state index is 13.9. The molecule has 0 bridgehead atoms. The molecule has 0 aromatic heterocycles. The normalized spacial score (nSPS) is 13.6. The molecule has 108 valence electrons. The van der Waals surface area contributed by atoms with Gasteiger partial charge in [0.05, 0.1) is 5.60 Å². The van der Waals surface area contributed by atoms with Gasteiger partial charge in [0, 0.05) is 17.1 Å². The van der Waals surface area contributed by atoms with Crippen LogP contribution in [0.25, 0.3) is 0 Å². The van der Waals surface area contributed by atoms with Crippen molar-refractivity contribution in [2.75, 3.05) is 6.61 Å². The Balaban J connectivity index is 2.89. The van der Waals surface area contributed by atoms with E-state index >= 15 is 0 Å². The summed E-state index contributed by atoms with van der Waals surface area (Å²) in [5.41, 5.74) is 6.57. The van der Waals surface area contributed by atoms with Gasteiger partial charge in [-0.05, 0) is 43.9 Å². The van der Waals surface area contributed by atoms with Crippen molar-refractivity contribution in [2.45, 2.75) is 51.7 Å². The Bertz CT molecular complexity index is 407. The largest absolute Gasteiger partial charge is 0.374 e. The van der Waals surface area contributed by atoms with Crippen molar-refractivity contribution in [3.05, 3.63) is 34.1 Å². The fourth-order valence-electron chi connectivity index (χ4n) is 2.48. The maximum absolute atomic E-state index is 13.9. The fourth-order valence-corrected chi connectivity index (χ4v) is 2.82. The summed E-state index contributed by atoms with van der Waals surface area (Å²) in [5.74, 6) is -0.220. The molecular formula is C15H23BrFNO. The third-order valence-electron chi connectivity index (χ3n) is 3.76. The third kappa shape index (κ3) is 4.01. The molecule has 4 heteroatoms. The van der Waals surface area contributed by atoms with Gasteiger partial charge in [-0.3, -0.25) is 0 Å². The lowest BCUT2D eigenvalue weighted by Gasteiger charge is -2.37. The molecule has 0 fully saturated rings. The summed E-state index contributed by atoms with van der Waals surface area (Å²) in [5, 5.41) is 0. The molecule has 0 spiro atoms. The number of benzene rings is 1. The Morgan fingerprint density at radius 2 is 1.95 bits per heavy atom. The topological polar surface area (TPSA) is 35.2 Å². The minimum absolute atomic E-state index is 0.210. The van der Waals surface area contributed by atoms with Crippen LogP contribution in [-0.4, -0.2) is 18.2 Å². The van der Waals surface area contributed by atoms with Gasteiger partial charge in [-0.15, -0.1) is 0 Å². The smallest absolute Gasteiger partial charge is 0.127 e. The van der Waals surface area contributed by atoms with E-state index in [1.54, 1.807) is 6.07 Å². The molecule has 0 saturated heterocycles. The number of nitrogens with two attached hydrogens (primary N) is 1. The lowest BCUT2D eigenvalue weighted by molar-refractivity contribution is -0.0634. The van der Waals surface area contributed by atoms with E-state index in [2.05, 4.69) is 29.8 Å². The van der Waals surface area contributed by atoms with Crippen LogP contribution < -0.4 is 5.73 Å². The second-order valence-electron chi connectivity index (χ2n) is 4.75. The third-order valence-corrected chi connectivity index (χ3v) is 4.25. The summed E-state index contributed by atoms with van der Waals surface area (Å²) in [7, 11) is 0. The Hall–Kier alpha value is -0.450.